The highest BCUT2D eigenvalue weighted by atomic mass is 16.5. The lowest BCUT2D eigenvalue weighted by Gasteiger charge is -2.20. The quantitative estimate of drug-likeness (QED) is 0.659. The van der Waals surface area contributed by atoms with E-state index < -0.39 is 0 Å². The van der Waals surface area contributed by atoms with Gasteiger partial charge in [0.15, 0.2) is 0 Å². The van der Waals surface area contributed by atoms with Gasteiger partial charge in [-0.3, -0.25) is 9.69 Å². The molecule has 0 aliphatic carbocycles. The van der Waals surface area contributed by atoms with Gasteiger partial charge in [0.05, 0.1) is 20.3 Å². The molecular formula is C21H28N2O3. The highest BCUT2D eigenvalue weighted by Crippen LogP contribution is 2.16. The summed E-state index contributed by atoms with van der Waals surface area (Å²) < 4.78 is 10.9. The Balaban J connectivity index is 1.73. The van der Waals surface area contributed by atoms with Crippen molar-refractivity contribution in [3.05, 3.63) is 54.1 Å². The summed E-state index contributed by atoms with van der Waals surface area (Å²) in [5.41, 5.74) is 1.93. The maximum atomic E-state index is 12.2. The third-order valence-corrected chi connectivity index (χ3v) is 4.04. The van der Waals surface area contributed by atoms with E-state index in [1.807, 2.05) is 55.5 Å². The molecule has 0 aromatic heterocycles. The van der Waals surface area contributed by atoms with Crippen molar-refractivity contribution in [2.45, 2.75) is 20.3 Å². The van der Waals surface area contributed by atoms with Crippen LogP contribution in [0.1, 0.15) is 18.9 Å². The topological polar surface area (TPSA) is 50.8 Å². The molecule has 140 valence electrons. The molecule has 1 amide bonds. The van der Waals surface area contributed by atoms with Crippen molar-refractivity contribution >= 4 is 11.6 Å². The molecule has 0 saturated carbocycles. The summed E-state index contributed by atoms with van der Waals surface area (Å²) in [5.74, 6) is 1.59. The highest BCUT2D eigenvalue weighted by Gasteiger charge is 2.09. The number of nitrogens with one attached hydrogen (secondary N) is 1. The number of rotatable bonds is 10. The summed E-state index contributed by atoms with van der Waals surface area (Å²) in [6.07, 6.45) is 0.869. The van der Waals surface area contributed by atoms with Crippen LogP contribution in [0.2, 0.25) is 0 Å². The van der Waals surface area contributed by atoms with Crippen LogP contribution >= 0.6 is 0 Å². The van der Waals surface area contributed by atoms with Crippen LogP contribution in [0.4, 0.5) is 5.69 Å². The maximum absolute atomic E-state index is 12.2. The molecule has 5 nitrogen and oxygen atoms in total. The van der Waals surface area contributed by atoms with E-state index >= 15 is 0 Å². The number of methoxy groups -OCH3 is 1. The van der Waals surface area contributed by atoms with Crippen molar-refractivity contribution in [1.29, 1.82) is 0 Å². The van der Waals surface area contributed by atoms with E-state index in [-0.39, 0.29) is 5.91 Å². The molecule has 0 saturated heterocycles. The second-order valence-electron chi connectivity index (χ2n) is 6.17. The molecule has 5 heteroatoms. The first-order chi connectivity index (χ1) is 12.6. The van der Waals surface area contributed by atoms with Crippen molar-refractivity contribution < 1.29 is 14.3 Å². The minimum absolute atomic E-state index is 0.0281. The van der Waals surface area contributed by atoms with Gasteiger partial charge in [-0.2, -0.15) is 0 Å². The number of likely N-dealkylation sites (N-methyl/N-ethyl adjacent to an activating group) is 1. The number of amides is 1. The monoisotopic (exact) mass is 356 g/mol. The number of hydrogen-bond donors (Lipinski definition) is 1. The van der Waals surface area contributed by atoms with Gasteiger partial charge in [0, 0.05) is 18.3 Å². The summed E-state index contributed by atoms with van der Waals surface area (Å²) in [5, 5.41) is 2.91. The molecule has 26 heavy (non-hydrogen) atoms. The molecule has 0 atom stereocenters. The van der Waals surface area contributed by atoms with Crippen LogP contribution in [-0.4, -0.2) is 44.2 Å². The van der Waals surface area contributed by atoms with Gasteiger partial charge in [-0.1, -0.05) is 25.1 Å². The minimum Gasteiger partial charge on any atom is -0.497 e. The van der Waals surface area contributed by atoms with Crippen molar-refractivity contribution in [3.63, 3.8) is 0 Å². The molecule has 0 spiro atoms. The Morgan fingerprint density at radius 3 is 2.62 bits per heavy atom. The van der Waals surface area contributed by atoms with Crippen LogP contribution in [0.3, 0.4) is 0 Å². The Kier molecular flexibility index (Phi) is 7.96. The van der Waals surface area contributed by atoms with Crippen molar-refractivity contribution in [2.24, 2.45) is 0 Å². The van der Waals surface area contributed by atoms with Crippen LogP contribution in [-0.2, 0) is 4.79 Å². The number of carbonyl (C=O) groups is 1. The van der Waals surface area contributed by atoms with Gasteiger partial charge in [-0.05, 0) is 49.7 Å². The Bertz CT molecular complexity index is 703. The van der Waals surface area contributed by atoms with Gasteiger partial charge in [0.2, 0.25) is 5.91 Å². The van der Waals surface area contributed by atoms with E-state index in [9.17, 15) is 4.79 Å². The number of benzene rings is 2. The lowest BCUT2D eigenvalue weighted by molar-refractivity contribution is -0.117. The highest BCUT2D eigenvalue weighted by molar-refractivity contribution is 5.92. The van der Waals surface area contributed by atoms with Crippen LogP contribution in [0.25, 0.3) is 0 Å². The fourth-order valence-corrected chi connectivity index (χ4v) is 2.64. The number of ether oxygens (including phenoxy) is 2. The molecule has 0 aliphatic heterocycles. The van der Waals surface area contributed by atoms with E-state index in [0.29, 0.717) is 13.2 Å². The zero-order valence-corrected chi connectivity index (χ0v) is 15.8. The Morgan fingerprint density at radius 1 is 1.12 bits per heavy atom. The summed E-state index contributed by atoms with van der Waals surface area (Å²) in [6.45, 7) is 6.73. The van der Waals surface area contributed by atoms with Crippen molar-refractivity contribution in [1.82, 2.24) is 4.90 Å². The van der Waals surface area contributed by atoms with Gasteiger partial charge in [-0.15, -0.1) is 0 Å². The molecule has 0 heterocycles. The third-order valence-electron chi connectivity index (χ3n) is 4.04. The summed E-state index contributed by atoms with van der Waals surface area (Å²) in [4.78, 5) is 14.4. The smallest absolute Gasteiger partial charge is 0.238 e. The minimum atomic E-state index is -0.0281. The van der Waals surface area contributed by atoms with Gasteiger partial charge >= 0.3 is 0 Å². The molecule has 2 aromatic rings. The Hall–Kier alpha value is -2.53. The van der Waals surface area contributed by atoms with E-state index in [1.54, 1.807) is 7.11 Å². The fourth-order valence-electron chi connectivity index (χ4n) is 2.64. The zero-order chi connectivity index (χ0) is 18.8. The number of anilines is 1. The molecule has 0 aliphatic rings. The summed E-state index contributed by atoms with van der Waals surface area (Å²) >= 11 is 0. The number of hydrogen-bond acceptors (Lipinski definition) is 4. The van der Waals surface area contributed by atoms with E-state index in [0.717, 1.165) is 36.7 Å². The van der Waals surface area contributed by atoms with E-state index in [4.69, 9.17) is 9.47 Å². The van der Waals surface area contributed by atoms with Gasteiger partial charge in [-0.25, -0.2) is 0 Å². The molecular weight excluding hydrogens is 328 g/mol. The Morgan fingerprint density at radius 2 is 1.88 bits per heavy atom. The molecule has 2 rings (SSSR count). The van der Waals surface area contributed by atoms with Crippen LogP contribution < -0.4 is 14.8 Å². The number of carbonyl (C=O) groups excluding carboxylic acids is 1. The Labute approximate surface area is 155 Å². The predicted molar refractivity (Wildman–Crippen MR) is 105 cm³/mol. The lowest BCUT2D eigenvalue weighted by atomic mass is 10.2. The largest absolute Gasteiger partial charge is 0.497 e. The van der Waals surface area contributed by atoms with Crippen LogP contribution in [0, 0.1) is 6.92 Å². The predicted octanol–water partition coefficient (Wildman–Crippen LogP) is 3.73. The average Bonchev–Trinajstić information content (AvgIpc) is 2.64. The van der Waals surface area contributed by atoms with Gasteiger partial charge in [0.25, 0.3) is 0 Å². The number of aryl methyl sites for hydroxylation is 1. The SMILES string of the molecule is CCN(CCCOc1cccc(C)c1)CC(=O)Nc1cccc(OC)c1. The zero-order valence-electron chi connectivity index (χ0n) is 15.8. The van der Waals surface area contributed by atoms with Crippen molar-refractivity contribution in [2.75, 3.05) is 38.7 Å². The van der Waals surface area contributed by atoms with Crippen LogP contribution in [0.15, 0.2) is 48.5 Å². The second kappa shape index (κ2) is 10.5. The number of nitrogens with zero attached hydrogens (tertiary/aromatic N) is 1. The molecule has 0 radical (unpaired) electrons. The maximum Gasteiger partial charge on any atom is 0.238 e. The lowest BCUT2D eigenvalue weighted by Crippen LogP contribution is -2.34. The molecule has 0 fully saturated rings. The molecule has 0 unspecified atom stereocenters. The van der Waals surface area contributed by atoms with E-state index in [1.165, 1.54) is 5.56 Å². The first kappa shape index (κ1) is 19.8. The first-order valence-electron chi connectivity index (χ1n) is 8.96. The molecule has 2 aromatic carbocycles. The standard InChI is InChI=1S/C21H28N2O3/c1-4-23(12-7-13-26-20-11-5-8-17(2)14-20)16-21(24)22-18-9-6-10-19(15-18)25-3/h5-6,8-11,14-15H,4,7,12-13,16H2,1-3H3,(H,22,24). The van der Waals surface area contributed by atoms with E-state index in [2.05, 4.69) is 17.1 Å². The molecule has 0 bridgehead atoms. The first-order valence-corrected chi connectivity index (χ1v) is 8.96. The van der Waals surface area contributed by atoms with Crippen LogP contribution in [0.5, 0.6) is 11.5 Å². The molecule has 1 N–H and O–H groups in total. The normalized spacial score (nSPS) is 10.6. The third kappa shape index (κ3) is 6.76. The fraction of sp³-hybridized carbons (Fsp3) is 0.381. The second-order valence-corrected chi connectivity index (χ2v) is 6.17. The summed E-state index contributed by atoms with van der Waals surface area (Å²) in [7, 11) is 1.61. The van der Waals surface area contributed by atoms with Gasteiger partial charge < -0.3 is 14.8 Å². The average molecular weight is 356 g/mol. The van der Waals surface area contributed by atoms with Crippen molar-refractivity contribution in [3.8, 4) is 11.5 Å². The summed E-state index contributed by atoms with van der Waals surface area (Å²) in [6, 6.07) is 15.4. The van der Waals surface area contributed by atoms with Gasteiger partial charge in [0.1, 0.15) is 11.5 Å².